The van der Waals surface area contributed by atoms with Gasteiger partial charge in [0.05, 0.1) is 14.2 Å². The van der Waals surface area contributed by atoms with Crippen LogP contribution in [0.25, 0.3) is 0 Å². The Labute approximate surface area is 157 Å². The Morgan fingerprint density at radius 2 is 1.81 bits per heavy atom. The number of aromatic hydroxyl groups is 1. The number of amides is 1. The molecule has 3 N–H and O–H groups in total. The number of phenols is 1. The number of carbonyl (C=O) groups excluding carboxylic acids is 1. The Morgan fingerprint density at radius 3 is 2.41 bits per heavy atom. The predicted molar refractivity (Wildman–Crippen MR) is 102 cm³/mol. The number of anilines is 1. The van der Waals surface area contributed by atoms with Crippen molar-refractivity contribution < 1.29 is 19.4 Å². The largest absolute Gasteiger partial charge is 0.508 e. The van der Waals surface area contributed by atoms with Gasteiger partial charge >= 0.3 is 0 Å². The second-order valence-corrected chi connectivity index (χ2v) is 5.67. The van der Waals surface area contributed by atoms with Gasteiger partial charge in [0.1, 0.15) is 17.4 Å². The molecule has 2 aromatic carbocycles. The smallest absolute Gasteiger partial charge is 0.267 e. The summed E-state index contributed by atoms with van der Waals surface area (Å²) in [7, 11) is 3.12. The van der Waals surface area contributed by atoms with Gasteiger partial charge < -0.3 is 25.2 Å². The fourth-order valence-electron chi connectivity index (χ4n) is 2.32. The highest BCUT2D eigenvalue weighted by Crippen LogP contribution is 2.29. The van der Waals surface area contributed by atoms with E-state index in [0.29, 0.717) is 17.2 Å². The Morgan fingerprint density at radius 1 is 1.15 bits per heavy atom. The summed E-state index contributed by atoms with van der Waals surface area (Å²) in [6, 6.07) is 13.2. The molecule has 1 unspecified atom stereocenters. The third-order valence-corrected chi connectivity index (χ3v) is 3.88. The lowest BCUT2D eigenvalue weighted by Gasteiger charge is -2.15. The van der Waals surface area contributed by atoms with E-state index in [2.05, 4.69) is 10.6 Å². The van der Waals surface area contributed by atoms with Gasteiger partial charge in [0.2, 0.25) is 0 Å². The average molecular weight is 367 g/mol. The van der Waals surface area contributed by atoms with Crippen LogP contribution in [0.1, 0.15) is 18.5 Å². The number of methoxy groups -OCH3 is 2. The van der Waals surface area contributed by atoms with Gasteiger partial charge in [0.15, 0.2) is 11.5 Å². The van der Waals surface area contributed by atoms with Crippen molar-refractivity contribution >= 4 is 11.6 Å². The Hall–Kier alpha value is -3.66. The quantitative estimate of drug-likeness (QED) is 0.395. The van der Waals surface area contributed by atoms with Crippen molar-refractivity contribution in [3.63, 3.8) is 0 Å². The second-order valence-electron chi connectivity index (χ2n) is 5.67. The molecular formula is C20H21N3O4. The maximum absolute atomic E-state index is 12.2. The first-order valence-corrected chi connectivity index (χ1v) is 8.17. The van der Waals surface area contributed by atoms with E-state index in [1.54, 1.807) is 32.4 Å². The summed E-state index contributed by atoms with van der Waals surface area (Å²) in [5, 5.41) is 24.2. The molecule has 0 saturated heterocycles. The molecule has 7 nitrogen and oxygen atoms in total. The van der Waals surface area contributed by atoms with Crippen LogP contribution in [-0.2, 0) is 4.79 Å². The SMILES string of the molecule is COc1ccc(C(C)N/C=C(/C#N)C(=O)Nc2ccc(O)cc2)cc1OC. The topological polar surface area (TPSA) is 104 Å². The van der Waals surface area contributed by atoms with Crippen molar-refractivity contribution in [1.29, 1.82) is 5.26 Å². The molecule has 0 heterocycles. The first-order valence-electron chi connectivity index (χ1n) is 8.17. The number of phenolic OH excluding ortho intramolecular Hbond substituents is 1. The van der Waals surface area contributed by atoms with Gasteiger partial charge in [-0.25, -0.2) is 0 Å². The molecule has 0 fully saturated rings. The molecule has 0 aliphatic rings. The molecule has 140 valence electrons. The lowest BCUT2D eigenvalue weighted by Crippen LogP contribution is -2.18. The van der Waals surface area contributed by atoms with Crippen LogP contribution in [-0.4, -0.2) is 25.2 Å². The summed E-state index contributed by atoms with van der Waals surface area (Å²) < 4.78 is 10.5. The molecule has 2 rings (SSSR count). The fourth-order valence-corrected chi connectivity index (χ4v) is 2.32. The third-order valence-electron chi connectivity index (χ3n) is 3.88. The van der Waals surface area contributed by atoms with E-state index >= 15 is 0 Å². The number of nitrogens with one attached hydrogen (secondary N) is 2. The van der Waals surface area contributed by atoms with E-state index in [1.807, 2.05) is 25.1 Å². The summed E-state index contributed by atoms with van der Waals surface area (Å²) >= 11 is 0. The number of nitrogens with zero attached hydrogens (tertiary/aromatic N) is 1. The zero-order valence-corrected chi connectivity index (χ0v) is 15.3. The summed E-state index contributed by atoms with van der Waals surface area (Å²) in [6.07, 6.45) is 1.37. The lowest BCUT2D eigenvalue weighted by atomic mass is 10.1. The normalized spacial score (nSPS) is 11.9. The zero-order chi connectivity index (χ0) is 19.8. The minimum Gasteiger partial charge on any atom is -0.508 e. The molecular weight excluding hydrogens is 346 g/mol. The molecule has 0 aliphatic carbocycles. The van der Waals surface area contributed by atoms with Crippen LogP contribution in [0.5, 0.6) is 17.2 Å². The minimum atomic E-state index is -0.546. The molecule has 27 heavy (non-hydrogen) atoms. The van der Waals surface area contributed by atoms with Crippen molar-refractivity contribution in [3.05, 3.63) is 59.8 Å². The van der Waals surface area contributed by atoms with Crippen molar-refractivity contribution in [2.24, 2.45) is 0 Å². The van der Waals surface area contributed by atoms with Crippen molar-refractivity contribution in [3.8, 4) is 23.3 Å². The van der Waals surface area contributed by atoms with Crippen LogP contribution >= 0.6 is 0 Å². The number of benzene rings is 2. The van der Waals surface area contributed by atoms with E-state index in [1.165, 1.54) is 18.3 Å². The molecule has 1 atom stereocenters. The number of hydrogen-bond acceptors (Lipinski definition) is 6. The predicted octanol–water partition coefficient (Wildman–Crippen LogP) is 3.11. The summed E-state index contributed by atoms with van der Waals surface area (Å²) in [4.78, 5) is 12.2. The number of carbonyl (C=O) groups is 1. The number of hydrogen-bond donors (Lipinski definition) is 3. The molecule has 1 amide bonds. The van der Waals surface area contributed by atoms with Gasteiger partial charge in [-0.05, 0) is 48.9 Å². The molecule has 0 aliphatic heterocycles. The zero-order valence-electron chi connectivity index (χ0n) is 15.3. The van der Waals surface area contributed by atoms with Crippen LogP contribution in [0.3, 0.4) is 0 Å². The molecule has 2 aromatic rings. The van der Waals surface area contributed by atoms with Crippen molar-refractivity contribution in [2.75, 3.05) is 19.5 Å². The number of rotatable bonds is 7. The molecule has 0 spiro atoms. The fraction of sp³-hybridized carbons (Fsp3) is 0.200. The highest BCUT2D eigenvalue weighted by Gasteiger charge is 2.12. The number of ether oxygens (including phenoxy) is 2. The van der Waals surface area contributed by atoms with Gasteiger partial charge in [-0.3, -0.25) is 4.79 Å². The number of nitriles is 1. The van der Waals surface area contributed by atoms with Gasteiger partial charge in [0.25, 0.3) is 5.91 Å². The van der Waals surface area contributed by atoms with Gasteiger partial charge in [-0.15, -0.1) is 0 Å². The van der Waals surface area contributed by atoms with E-state index in [0.717, 1.165) is 5.56 Å². The van der Waals surface area contributed by atoms with E-state index in [-0.39, 0.29) is 17.4 Å². The van der Waals surface area contributed by atoms with Crippen LogP contribution in [0, 0.1) is 11.3 Å². The Bertz CT molecular complexity index is 870. The molecule has 7 heteroatoms. The van der Waals surface area contributed by atoms with Crippen LogP contribution in [0.15, 0.2) is 54.2 Å². The summed E-state index contributed by atoms with van der Waals surface area (Å²) in [5.74, 6) is 0.762. The molecule has 0 bridgehead atoms. The average Bonchev–Trinajstić information content (AvgIpc) is 2.69. The maximum Gasteiger partial charge on any atom is 0.267 e. The van der Waals surface area contributed by atoms with Gasteiger partial charge in [-0.1, -0.05) is 6.07 Å². The monoisotopic (exact) mass is 367 g/mol. The van der Waals surface area contributed by atoms with E-state index in [9.17, 15) is 15.2 Å². The van der Waals surface area contributed by atoms with Crippen molar-refractivity contribution in [1.82, 2.24) is 5.32 Å². The second kappa shape index (κ2) is 9.15. The summed E-state index contributed by atoms with van der Waals surface area (Å²) in [6.45, 7) is 1.89. The van der Waals surface area contributed by atoms with Crippen LogP contribution < -0.4 is 20.1 Å². The molecule has 0 aromatic heterocycles. The maximum atomic E-state index is 12.2. The lowest BCUT2D eigenvalue weighted by molar-refractivity contribution is -0.112. The van der Waals surface area contributed by atoms with Gasteiger partial charge in [0, 0.05) is 17.9 Å². The molecule has 0 saturated carbocycles. The standard InChI is InChI=1S/C20H21N3O4/c1-13(14-4-9-18(26-2)19(10-14)27-3)22-12-15(11-21)20(25)23-16-5-7-17(24)8-6-16/h4-10,12-13,22,24H,1-3H3,(H,23,25)/b15-12-. The minimum absolute atomic E-state index is 0.0737. The van der Waals surface area contributed by atoms with Gasteiger partial charge in [-0.2, -0.15) is 5.26 Å². The Kier molecular flexibility index (Phi) is 6.67. The summed E-state index contributed by atoms with van der Waals surface area (Å²) in [5.41, 5.74) is 1.31. The highest BCUT2D eigenvalue weighted by atomic mass is 16.5. The van der Waals surface area contributed by atoms with E-state index in [4.69, 9.17) is 9.47 Å². The van der Waals surface area contributed by atoms with Crippen LogP contribution in [0.4, 0.5) is 5.69 Å². The van der Waals surface area contributed by atoms with Crippen LogP contribution in [0.2, 0.25) is 0 Å². The first kappa shape index (κ1) is 19.7. The highest BCUT2D eigenvalue weighted by molar-refractivity contribution is 6.06. The van der Waals surface area contributed by atoms with E-state index < -0.39 is 5.91 Å². The molecule has 0 radical (unpaired) electrons. The van der Waals surface area contributed by atoms with Crippen molar-refractivity contribution in [2.45, 2.75) is 13.0 Å². The first-order chi connectivity index (χ1) is 13.0. The Balaban J connectivity index is 2.08. The third kappa shape index (κ3) is 5.16.